The summed E-state index contributed by atoms with van der Waals surface area (Å²) in [6, 6.07) is 0. The number of hydrogen-bond donors (Lipinski definition) is 1. The molecule has 0 bridgehead atoms. The van der Waals surface area contributed by atoms with E-state index in [1.165, 1.54) is 6.08 Å². The minimum atomic E-state index is 0.0549. The number of aliphatic imine (C=N–C) groups is 1. The second-order valence-corrected chi connectivity index (χ2v) is 2.68. The van der Waals surface area contributed by atoms with Crippen molar-refractivity contribution in [2.45, 2.75) is 13.8 Å². The van der Waals surface area contributed by atoms with E-state index in [1.807, 2.05) is 19.1 Å². The maximum absolute atomic E-state index is 9.61. The Morgan fingerprint density at radius 3 is 2.33 bits per heavy atom. The maximum Gasteiger partial charge on any atom is 0.141 e. The van der Waals surface area contributed by atoms with E-state index in [9.17, 15) is 5.11 Å². The van der Waals surface area contributed by atoms with E-state index in [-0.39, 0.29) is 5.76 Å². The van der Waals surface area contributed by atoms with Crippen LogP contribution in [0.3, 0.4) is 0 Å². The molecule has 0 aliphatic carbocycles. The molecule has 0 saturated heterocycles. The van der Waals surface area contributed by atoms with Gasteiger partial charge >= 0.3 is 0 Å². The quantitative estimate of drug-likeness (QED) is 0.412. The molecule has 0 atom stereocenters. The van der Waals surface area contributed by atoms with Crippen LogP contribution in [0.5, 0.6) is 0 Å². The first-order valence-electron chi connectivity index (χ1n) is 4.71. The predicted octanol–water partition coefficient (Wildman–Crippen LogP) is 3.72. The summed E-state index contributed by atoms with van der Waals surface area (Å²) in [4.78, 5) is 4.10. The van der Waals surface area contributed by atoms with Gasteiger partial charge in [-0.3, -0.25) is 4.99 Å². The van der Waals surface area contributed by atoms with Gasteiger partial charge in [0, 0.05) is 11.8 Å². The van der Waals surface area contributed by atoms with E-state index in [2.05, 4.69) is 18.2 Å². The highest BCUT2D eigenvalue weighted by Gasteiger charge is 2.04. The van der Waals surface area contributed by atoms with Crippen molar-refractivity contribution >= 4 is 6.21 Å². The normalized spacial score (nSPS) is 14.4. The molecular formula is C13H17NO. The van der Waals surface area contributed by atoms with Gasteiger partial charge in [-0.1, -0.05) is 37.5 Å². The van der Waals surface area contributed by atoms with E-state index < -0.39 is 0 Å². The van der Waals surface area contributed by atoms with Crippen LogP contribution in [0.4, 0.5) is 0 Å². The third kappa shape index (κ3) is 4.27. The maximum atomic E-state index is 9.61. The molecule has 1 N–H and O–H groups in total. The fourth-order valence-corrected chi connectivity index (χ4v) is 1.03. The smallest absolute Gasteiger partial charge is 0.141 e. The summed E-state index contributed by atoms with van der Waals surface area (Å²) in [5, 5.41) is 9.61. The van der Waals surface area contributed by atoms with Gasteiger partial charge < -0.3 is 5.11 Å². The van der Waals surface area contributed by atoms with Gasteiger partial charge in [0.05, 0.1) is 0 Å². The molecule has 0 aromatic heterocycles. The summed E-state index contributed by atoms with van der Waals surface area (Å²) in [6.45, 7) is 10.8. The van der Waals surface area contributed by atoms with Crippen LogP contribution in [0, 0.1) is 0 Å². The fraction of sp³-hybridized carbons (Fsp3) is 0.154. The molecule has 0 radical (unpaired) electrons. The lowest BCUT2D eigenvalue weighted by molar-refractivity contribution is 0.426. The van der Waals surface area contributed by atoms with Crippen LogP contribution in [0.2, 0.25) is 0 Å². The molecule has 0 rings (SSSR count). The van der Waals surface area contributed by atoms with E-state index in [4.69, 9.17) is 0 Å². The summed E-state index contributed by atoms with van der Waals surface area (Å²) < 4.78 is 0. The number of nitrogens with zero attached hydrogens (tertiary/aromatic N) is 1. The van der Waals surface area contributed by atoms with Crippen molar-refractivity contribution in [1.29, 1.82) is 0 Å². The number of aliphatic hydroxyl groups excluding tert-OH is 1. The summed E-state index contributed by atoms with van der Waals surface area (Å²) in [7, 11) is 0. The third-order valence-corrected chi connectivity index (χ3v) is 1.61. The summed E-state index contributed by atoms with van der Waals surface area (Å²) >= 11 is 0. The number of allylic oxidation sites excluding steroid dienone is 5. The lowest BCUT2D eigenvalue weighted by Gasteiger charge is -2.03. The molecule has 2 heteroatoms. The highest BCUT2D eigenvalue weighted by Crippen LogP contribution is 2.17. The Bertz CT molecular complexity index is 344. The van der Waals surface area contributed by atoms with Crippen molar-refractivity contribution in [3.8, 4) is 0 Å². The molecule has 0 saturated carbocycles. The molecule has 80 valence electrons. The number of aliphatic hydroxyl groups is 1. The molecule has 0 spiro atoms. The van der Waals surface area contributed by atoms with Crippen LogP contribution in [-0.2, 0) is 0 Å². The first-order chi connectivity index (χ1) is 7.21. The van der Waals surface area contributed by atoms with E-state index in [0.717, 1.165) is 5.57 Å². The van der Waals surface area contributed by atoms with E-state index >= 15 is 0 Å². The molecule has 0 amide bonds. The van der Waals surface area contributed by atoms with Gasteiger partial charge in [-0.05, 0) is 19.9 Å². The van der Waals surface area contributed by atoms with Gasteiger partial charge in [0.2, 0.25) is 0 Å². The Hall–Kier alpha value is -1.83. The largest absolute Gasteiger partial charge is 0.506 e. The van der Waals surface area contributed by atoms with E-state index in [1.54, 1.807) is 25.3 Å². The molecule has 15 heavy (non-hydrogen) atoms. The monoisotopic (exact) mass is 203 g/mol. The van der Waals surface area contributed by atoms with Crippen molar-refractivity contribution in [3.05, 3.63) is 60.6 Å². The van der Waals surface area contributed by atoms with Crippen molar-refractivity contribution in [2.24, 2.45) is 4.99 Å². The summed E-state index contributed by atoms with van der Waals surface area (Å²) in [6.07, 6.45) is 10.1. The molecule has 0 aliphatic rings. The Kier molecular flexibility index (Phi) is 6.64. The van der Waals surface area contributed by atoms with E-state index in [0.29, 0.717) is 5.70 Å². The van der Waals surface area contributed by atoms with Crippen LogP contribution in [0.25, 0.3) is 0 Å². The fourth-order valence-electron chi connectivity index (χ4n) is 1.03. The molecule has 0 fully saturated rings. The van der Waals surface area contributed by atoms with Crippen LogP contribution in [0.1, 0.15) is 13.8 Å². The van der Waals surface area contributed by atoms with Crippen LogP contribution >= 0.6 is 0 Å². The molecule has 0 unspecified atom stereocenters. The Morgan fingerprint density at radius 2 is 1.93 bits per heavy atom. The van der Waals surface area contributed by atoms with Crippen molar-refractivity contribution in [1.82, 2.24) is 0 Å². The molecular weight excluding hydrogens is 186 g/mol. The number of hydrogen-bond acceptors (Lipinski definition) is 2. The average Bonchev–Trinajstić information content (AvgIpc) is 2.25. The van der Waals surface area contributed by atoms with Crippen LogP contribution in [-0.4, -0.2) is 11.3 Å². The minimum absolute atomic E-state index is 0.0549. The van der Waals surface area contributed by atoms with Gasteiger partial charge in [-0.2, -0.15) is 0 Å². The predicted molar refractivity (Wildman–Crippen MR) is 67.1 cm³/mol. The van der Waals surface area contributed by atoms with Crippen molar-refractivity contribution in [2.75, 3.05) is 0 Å². The van der Waals surface area contributed by atoms with Gasteiger partial charge in [-0.15, -0.1) is 0 Å². The standard InChI is InChI=1S/C13H17NO/c1-5-9-11(10-6-2)13(14-8-4)12(15)7-3/h5-10,15H,1,3H2,2,4H3/b10-6-,11-9-,13-12+,14-8?. The summed E-state index contributed by atoms with van der Waals surface area (Å²) in [5.74, 6) is 0.0549. The highest BCUT2D eigenvalue weighted by atomic mass is 16.3. The lowest BCUT2D eigenvalue weighted by Crippen LogP contribution is -1.90. The molecule has 0 aliphatic heterocycles. The highest BCUT2D eigenvalue weighted by molar-refractivity contribution is 5.59. The molecule has 2 nitrogen and oxygen atoms in total. The molecule has 0 heterocycles. The zero-order chi connectivity index (χ0) is 11.7. The Balaban J connectivity index is 5.49. The van der Waals surface area contributed by atoms with Gasteiger partial charge in [0.25, 0.3) is 0 Å². The number of rotatable bonds is 5. The zero-order valence-corrected chi connectivity index (χ0v) is 9.27. The summed E-state index contributed by atoms with van der Waals surface area (Å²) in [5.41, 5.74) is 1.29. The second-order valence-electron chi connectivity index (χ2n) is 2.68. The SMILES string of the molecule is C=C/C=C(/C=C\C)C(\N=CC)=C(/O)C=C. The van der Waals surface area contributed by atoms with Crippen LogP contribution in [0.15, 0.2) is 65.6 Å². The molecule has 0 aromatic carbocycles. The first kappa shape index (κ1) is 13.2. The first-order valence-corrected chi connectivity index (χ1v) is 4.71. The third-order valence-electron chi connectivity index (χ3n) is 1.61. The topological polar surface area (TPSA) is 32.6 Å². The Morgan fingerprint density at radius 1 is 1.27 bits per heavy atom. The van der Waals surface area contributed by atoms with Gasteiger partial charge in [0.1, 0.15) is 11.5 Å². The van der Waals surface area contributed by atoms with Crippen molar-refractivity contribution < 1.29 is 5.11 Å². The zero-order valence-electron chi connectivity index (χ0n) is 9.27. The average molecular weight is 203 g/mol. The Labute approximate surface area is 91.4 Å². The minimum Gasteiger partial charge on any atom is -0.506 e. The lowest BCUT2D eigenvalue weighted by atomic mass is 10.1. The van der Waals surface area contributed by atoms with Gasteiger partial charge in [0.15, 0.2) is 0 Å². The van der Waals surface area contributed by atoms with Gasteiger partial charge in [-0.25, -0.2) is 0 Å². The van der Waals surface area contributed by atoms with Crippen molar-refractivity contribution in [3.63, 3.8) is 0 Å². The second kappa shape index (κ2) is 7.56. The van der Waals surface area contributed by atoms with Crippen LogP contribution < -0.4 is 0 Å². The molecule has 0 aromatic rings.